The van der Waals surface area contributed by atoms with Crippen molar-refractivity contribution in [3.8, 4) is 0 Å². The molecule has 4 aliphatic rings. The smallest absolute Gasteiger partial charge is 0.338 e. The fraction of sp³-hybridized carbons (Fsp3) is 0.630. The van der Waals surface area contributed by atoms with E-state index < -0.39 is 78.5 Å². The average Bonchev–Trinajstić information content (AvgIpc) is 3.21. The number of hydrogen-bond acceptors (Lipinski definition) is 10. The highest BCUT2D eigenvalue weighted by atomic mass is 28.4. The van der Waals surface area contributed by atoms with E-state index in [9.17, 15) is 14.7 Å². The number of aliphatic hydroxyl groups is 1. The summed E-state index contributed by atoms with van der Waals surface area (Å²) in [5.41, 5.74) is -2.69. The van der Waals surface area contributed by atoms with Crippen molar-refractivity contribution in [1.82, 2.24) is 0 Å². The lowest BCUT2D eigenvalue weighted by Crippen LogP contribution is -2.78. The molecule has 1 saturated heterocycles. The molecule has 0 radical (unpaired) electrons. The first-order valence-electron chi connectivity index (χ1n) is 20.8. The molecule has 0 amide bonds. The van der Waals surface area contributed by atoms with Gasteiger partial charge in [0.05, 0.1) is 29.8 Å². The van der Waals surface area contributed by atoms with Gasteiger partial charge in [0.1, 0.15) is 30.0 Å². The summed E-state index contributed by atoms with van der Waals surface area (Å²) in [6.07, 6.45) is -4.92. The van der Waals surface area contributed by atoms with Crippen LogP contribution < -0.4 is 0 Å². The Kier molecular flexibility index (Phi) is 12.3. The Balaban J connectivity index is 1.53. The molecule has 3 aliphatic carbocycles. The van der Waals surface area contributed by atoms with E-state index in [0.29, 0.717) is 29.7 Å². The number of carbonyl (C=O) groups excluding carboxylic acids is 3. The molecular formula is C46H64O10Si. The highest BCUT2D eigenvalue weighted by molar-refractivity contribution is 6.73. The van der Waals surface area contributed by atoms with E-state index in [1.807, 2.05) is 77.9 Å². The first-order chi connectivity index (χ1) is 26.9. The minimum atomic E-state index is -2.35. The number of hydrogen-bond donors (Lipinski definition) is 1. The number of ether oxygens (including phenoxy) is 5. The van der Waals surface area contributed by atoms with Gasteiger partial charge in [-0.15, -0.1) is 0 Å². The molecule has 0 aromatic heterocycles. The third-order valence-corrected chi connectivity index (χ3v) is 19.7. The molecule has 2 bridgehead atoms. The van der Waals surface area contributed by atoms with Crippen LogP contribution in [0.15, 0.2) is 71.8 Å². The molecule has 2 saturated carbocycles. The summed E-state index contributed by atoms with van der Waals surface area (Å²) in [6.45, 7) is 18.2. The van der Waals surface area contributed by atoms with Crippen LogP contribution in [0, 0.1) is 22.2 Å². The van der Waals surface area contributed by atoms with Crippen molar-refractivity contribution in [2.45, 2.75) is 141 Å². The molecule has 1 aliphatic heterocycles. The van der Waals surface area contributed by atoms with Crippen molar-refractivity contribution in [2.24, 2.45) is 22.2 Å². The predicted molar refractivity (Wildman–Crippen MR) is 219 cm³/mol. The first kappa shape index (κ1) is 43.4. The van der Waals surface area contributed by atoms with Gasteiger partial charge >= 0.3 is 11.9 Å². The lowest BCUT2D eigenvalue weighted by Gasteiger charge is -2.68. The molecular weight excluding hydrogens is 741 g/mol. The minimum absolute atomic E-state index is 0.103. The minimum Gasteiger partial charge on any atom is -0.456 e. The maximum atomic E-state index is 15.5. The molecule has 1 heterocycles. The van der Waals surface area contributed by atoms with Crippen LogP contribution in [0.2, 0.25) is 18.1 Å². The second-order valence-electron chi connectivity index (χ2n) is 18.0. The van der Waals surface area contributed by atoms with Crippen LogP contribution in [0.3, 0.4) is 0 Å². The van der Waals surface area contributed by atoms with E-state index in [1.165, 1.54) is 7.11 Å². The Morgan fingerprint density at radius 3 is 2.04 bits per heavy atom. The Labute approximate surface area is 340 Å². The summed E-state index contributed by atoms with van der Waals surface area (Å²) in [7, 11) is 0.729. The monoisotopic (exact) mass is 804 g/mol. The van der Waals surface area contributed by atoms with Crippen LogP contribution in [-0.2, 0) is 37.7 Å². The maximum Gasteiger partial charge on any atom is 0.338 e. The largest absolute Gasteiger partial charge is 0.456 e. The summed E-state index contributed by atoms with van der Waals surface area (Å²) in [6, 6.07) is 21.0. The molecule has 0 spiro atoms. The SMILES string of the molecule is CC[Si](CC)(CC)O[C@@H](C(=O)OC1C[C@@]2(O)[C@@H](OC(=O)c3ccccc3)[C@@H]3[C@]4(C)CO[C@@H]4C[C@H](OC)[C@@]3(C)C(=O)[C@H](OC)C(=C1C)C2(C)C)[C@@H](C)c1ccccc1. The van der Waals surface area contributed by atoms with Crippen LogP contribution in [0.25, 0.3) is 0 Å². The van der Waals surface area contributed by atoms with Gasteiger partial charge in [0.25, 0.3) is 0 Å². The topological polar surface area (TPSA) is 127 Å². The van der Waals surface area contributed by atoms with E-state index in [0.717, 1.165) is 23.7 Å². The van der Waals surface area contributed by atoms with Gasteiger partial charge in [0, 0.05) is 49.7 Å². The van der Waals surface area contributed by atoms with Gasteiger partial charge in [-0.05, 0) is 60.8 Å². The van der Waals surface area contributed by atoms with E-state index in [4.69, 9.17) is 28.1 Å². The fourth-order valence-corrected chi connectivity index (χ4v) is 13.9. The van der Waals surface area contributed by atoms with Crippen LogP contribution in [0.1, 0.15) is 97.0 Å². The number of carbonyl (C=O) groups is 3. The zero-order valence-corrected chi connectivity index (χ0v) is 36.8. The van der Waals surface area contributed by atoms with E-state index in [-0.39, 0.29) is 24.2 Å². The predicted octanol–water partition coefficient (Wildman–Crippen LogP) is 7.84. The number of Topliss-reactive ketones (excluding diaryl/α,β-unsaturated/α-hetero) is 1. The van der Waals surface area contributed by atoms with Gasteiger partial charge in [0.15, 0.2) is 14.1 Å². The van der Waals surface area contributed by atoms with Gasteiger partial charge in [0.2, 0.25) is 0 Å². The van der Waals surface area contributed by atoms with E-state index >= 15 is 4.79 Å². The molecule has 2 aromatic rings. The normalized spacial score (nSPS) is 34.4. The average molecular weight is 805 g/mol. The zero-order chi connectivity index (χ0) is 41.7. The number of methoxy groups -OCH3 is 2. The van der Waals surface area contributed by atoms with E-state index in [2.05, 4.69) is 20.8 Å². The Morgan fingerprint density at radius 2 is 1.51 bits per heavy atom. The van der Waals surface area contributed by atoms with Gasteiger partial charge in [-0.3, -0.25) is 4.79 Å². The Bertz CT molecular complexity index is 1820. The van der Waals surface area contributed by atoms with Crippen molar-refractivity contribution >= 4 is 26.0 Å². The second-order valence-corrected chi connectivity index (χ2v) is 22.7. The number of fused-ring (bicyclic) bond motifs is 5. The summed E-state index contributed by atoms with van der Waals surface area (Å²) in [4.78, 5) is 44.7. The Morgan fingerprint density at radius 1 is 0.912 bits per heavy atom. The standard InChI is InChI=1S/C46H64O10Si/c1-12-57(13-2,14-3)56-36(28(4)30-21-17-15-18-22-30)42(49)54-32-26-46(50)40(55-41(48)31-23-19-16-20-24-31)38-44(8)27-53-33(44)25-34(51-10)45(38,9)39(47)37(52-11)35(29(32)5)43(46,6)7/h15-24,28,32-34,36-38,40,50H,12-14,25-27H2,1-11H3/t28-,32?,33+,34-,36+,37+,38+,40-,44+,45+,46+/m0/s1. The number of rotatable bonds is 13. The lowest BCUT2D eigenvalue weighted by molar-refractivity contribution is -0.316. The third kappa shape index (κ3) is 6.88. The van der Waals surface area contributed by atoms with Crippen molar-refractivity contribution < 1.29 is 47.6 Å². The summed E-state index contributed by atoms with van der Waals surface area (Å²) in [5, 5.41) is 13.8. The maximum absolute atomic E-state index is 15.5. The molecule has 1 unspecified atom stereocenters. The molecule has 11 atom stereocenters. The van der Waals surface area contributed by atoms with Crippen LogP contribution >= 0.6 is 0 Å². The number of benzene rings is 2. The number of esters is 2. The first-order valence-corrected chi connectivity index (χ1v) is 23.3. The van der Waals surface area contributed by atoms with Crippen molar-refractivity contribution in [3.05, 3.63) is 82.9 Å². The molecule has 6 rings (SSSR count). The third-order valence-electron chi connectivity index (χ3n) is 15.1. The quantitative estimate of drug-likeness (QED) is 0.122. The Hall–Kier alpha value is -3.19. The summed E-state index contributed by atoms with van der Waals surface area (Å²) >= 11 is 0. The van der Waals surface area contributed by atoms with E-state index in [1.54, 1.807) is 31.4 Å². The summed E-state index contributed by atoms with van der Waals surface area (Å²) in [5.74, 6) is -2.53. The van der Waals surface area contributed by atoms with Crippen LogP contribution in [0.4, 0.5) is 0 Å². The lowest BCUT2D eigenvalue weighted by atomic mass is 9.42. The van der Waals surface area contributed by atoms with Gasteiger partial charge in [-0.1, -0.05) is 97.0 Å². The summed E-state index contributed by atoms with van der Waals surface area (Å²) < 4.78 is 38.8. The van der Waals surface area contributed by atoms with Crippen LogP contribution in [-0.4, -0.2) is 94.2 Å². The van der Waals surface area contributed by atoms with Gasteiger partial charge < -0.3 is 33.2 Å². The van der Waals surface area contributed by atoms with Crippen molar-refractivity contribution in [3.63, 3.8) is 0 Å². The van der Waals surface area contributed by atoms with Gasteiger partial charge in [-0.25, -0.2) is 9.59 Å². The highest BCUT2D eigenvalue weighted by Gasteiger charge is 2.75. The second kappa shape index (κ2) is 16.1. The molecule has 2 aromatic carbocycles. The molecule has 57 heavy (non-hydrogen) atoms. The van der Waals surface area contributed by atoms with Crippen LogP contribution in [0.5, 0.6) is 0 Å². The van der Waals surface area contributed by atoms with Crippen molar-refractivity contribution in [1.29, 1.82) is 0 Å². The molecule has 11 heteroatoms. The van der Waals surface area contributed by atoms with Gasteiger partial charge in [-0.2, -0.15) is 0 Å². The molecule has 3 fully saturated rings. The molecule has 10 nitrogen and oxygen atoms in total. The fourth-order valence-electron chi connectivity index (χ4n) is 11.1. The van der Waals surface area contributed by atoms with Crippen molar-refractivity contribution in [2.75, 3.05) is 20.8 Å². The number of ketones is 1. The highest BCUT2D eigenvalue weighted by Crippen LogP contribution is 2.66. The molecule has 1 N–H and O–H groups in total. The zero-order valence-electron chi connectivity index (χ0n) is 35.8. The molecule has 312 valence electrons.